The van der Waals surface area contributed by atoms with Gasteiger partial charge in [0.2, 0.25) is 5.91 Å². The van der Waals surface area contributed by atoms with Crippen LogP contribution in [0.15, 0.2) is 48.8 Å². The van der Waals surface area contributed by atoms with Crippen LogP contribution in [0.4, 0.5) is 0 Å². The van der Waals surface area contributed by atoms with E-state index in [1.165, 1.54) is 11.1 Å². The van der Waals surface area contributed by atoms with Gasteiger partial charge in [-0.25, -0.2) is 0 Å². The molecule has 21 heavy (non-hydrogen) atoms. The highest BCUT2D eigenvalue weighted by atomic mass is 16.2. The number of carbonyl (C=O) groups excluding carboxylic acids is 1. The summed E-state index contributed by atoms with van der Waals surface area (Å²) in [6, 6.07) is 12.4. The van der Waals surface area contributed by atoms with E-state index in [1.807, 2.05) is 29.3 Å². The molecule has 1 atom stereocenters. The Morgan fingerprint density at radius 2 is 2.05 bits per heavy atom. The summed E-state index contributed by atoms with van der Waals surface area (Å²) >= 11 is 0. The largest absolute Gasteiger partial charge is 0.338 e. The Labute approximate surface area is 125 Å². The van der Waals surface area contributed by atoms with Gasteiger partial charge in [-0.15, -0.1) is 0 Å². The summed E-state index contributed by atoms with van der Waals surface area (Å²) in [5.41, 5.74) is 3.79. The lowest BCUT2D eigenvalue weighted by Gasteiger charge is -2.29. The molecule has 3 heteroatoms. The molecule has 1 unspecified atom stereocenters. The summed E-state index contributed by atoms with van der Waals surface area (Å²) in [7, 11) is 0. The topological polar surface area (TPSA) is 33.2 Å². The van der Waals surface area contributed by atoms with Gasteiger partial charge in [-0.05, 0) is 35.1 Å². The van der Waals surface area contributed by atoms with E-state index in [1.54, 1.807) is 6.20 Å². The van der Waals surface area contributed by atoms with E-state index in [9.17, 15) is 4.79 Å². The molecule has 1 aliphatic heterocycles. The number of fused-ring (bicyclic) bond motifs is 1. The number of carbonyl (C=O) groups is 1. The summed E-state index contributed by atoms with van der Waals surface area (Å²) in [5, 5.41) is 0. The van der Waals surface area contributed by atoms with Gasteiger partial charge in [0, 0.05) is 31.9 Å². The molecule has 3 rings (SSSR count). The average Bonchev–Trinajstić information content (AvgIpc) is 2.55. The van der Waals surface area contributed by atoms with Crippen molar-refractivity contribution in [2.45, 2.75) is 32.2 Å². The Hall–Kier alpha value is -2.16. The second-order valence-corrected chi connectivity index (χ2v) is 5.73. The maximum Gasteiger partial charge on any atom is 0.223 e. The van der Waals surface area contributed by atoms with Crippen LogP contribution in [0.3, 0.4) is 0 Å². The summed E-state index contributed by atoms with van der Waals surface area (Å²) in [5.74, 6) is 0.448. The highest BCUT2D eigenvalue weighted by Crippen LogP contribution is 2.23. The van der Waals surface area contributed by atoms with Gasteiger partial charge < -0.3 is 4.90 Å². The predicted octanol–water partition coefficient (Wildman–Crippen LogP) is 3.16. The van der Waals surface area contributed by atoms with Crippen molar-refractivity contribution in [2.24, 2.45) is 0 Å². The third-order valence-corrected chi connectivity index (χ3v) is 4.22. The van der Waals surface area contributed by atoms with Crippen LogP contribution >= 0.6 is 0 Å². The van der Waals surface area contributed by atoms with Crippen molar-refractivity contribution in [3.63, 3.8) is 0 Å². The molecule has 0 fully saturated rings. The maximum atomic E-state index is 12.5. The molecule has 0 bridgehead atoms. The molecule has 0 N–H and O–H groups in total. The van der Waals surface area contributed by atoms with Gasteiger partial charge in [0.05, 0.1) is 0 Å². The average molecular weight is 280 g/mol. The standard InChI is InChI=1S/C18H20N2O/c1-14(16-7-4-9-19-12-16)11-18(21)20-10-8-15-5-2-3-6-17(15)13-20/h2-7,9,12,14H,8,10-11,13H2,1H3. The Morgan fingerprint density at radius 3 is 2.81 bits per heavy atom. The summed E-state index contributed by atoms with van der Waals surface area (Å²) in [6.45, 7) is 3.66. The first kappa shape index (κ1) is 13.8. The zero-order valence-electron chi connectivity index (χ0n) is 12.3. The Kier molecular flexibility index (Phi) is 4.00. The SMILES string of the molecule is CC(CC(=O)N1CCc2ccccc2C1)c1cccnc1. The third-order valence-electron chi connectivity index (χ3n) is 4.22. The van der Waals surface area contributed by atoms with Crippen molar-refractivity contribution in [2.75, 3.05) is 6.54 Å². The van der Waals surface area contributed by atoms with Crippen LogP contribution in [0.5, 0.6) is 0 Å². The monoisotopic (exact) mass is 280 g/mol. The van der Waals surface area contributed by atoms with E-state index in [4.69, 9.17) is 0 Å². The Balaban J connectivity index is 1.65. The first-order chi connectivity index (χ1) is 10.2. The van der Waals surface area contributed by atoms with Crippen LogP contribution in [0.2, 0.25) is 0 Å². The second kappa shape index (κ2) is 6.08. The number of pyridine rings is 1. The van der Waals surface area contributed by atoms with Gasteiger partial charge in [-0.3, -0.25) is 9.78 Å². The van der Waals surface area contributed by atoms with Crippen molar-refractivity contribution in [1.82, 2.24) is 9.88 Å². The van der Waals surface area contributed by atoms with Crippen LogP contribution in [0, 0.1) is 0 Å². The normalized spacial score (nSPS) is 15.4. The summed E-state index contributed by atoms with van der Waals surface area (Å²) < 4.78 is 0. The van der Waals surface area contributed by atoms with E-state index >= 15 is 0 Å². The zero-order chi connectivity index (χ0) is 14.7. The zero-order valence-corrected chi connectivity index (χ0v) is 12.3. The number of hydrogen-bond donors (Lipinski definition) is 0. The van der Waals surface area contributed by atoms with Gasteiger partial charge in [-0.2, -0.15) is 0 Å². The van der Waals surface area contributed by atoms with Crippen LogP contribution in [-0.2, 0) is 17.8 Å². The minimum Gasteiger partial charge on any atom is -0.338 e. The number of amides is 1. The van der Waals surface area contributed by atoms with E-state index in [0.29, 0.717) is 6.42 Å². The second-order valence-electron chi connectivity index (χ2n) is 5.73. The highest BCUT2D eigenvalue weighted by molar-refractivity contribution is 5.77. The number of rotatable bonds is 3. The van der Waals surface area contributed by atoms with E-state index in [0.717, 1.165) is 25.1 Å². The molecule has 108 valence electrons. The molecule has 0 spiro atoms. The molecule has 0 radical (unpaired) electrons. The van der Waals surface area contributed by atoms with Crippen molar-refractivity contribution in [3.8, 4) is 0 Å². The third kappa shape index (κ3) is 3.13. The van der Waals surface area contributed by atoms with Crippen molar-refractivity contribution in [3.05, 3.63) is 65.5 Å². The quantitative estimate of drug-likeness (QED) is 0.865. The lowest BCUT2D eigenvalue weighted by Crippen LogP contribution is -2.36. The maximum absolute atomic E-state index is 12.5. The minimum atomic E-state index is 0.211. The van der Waals surface area contributed by atoms with Crippen molar-refractivity contribution >= 4 is 5.91 Å². The fourth-order valence-corrected chi connectivity index (χ4v) is 2.88. The van der Waals surface area contributed by atoms with Crippen molar-refractivity contribution in [1.29, 1.82) is 0 Å². The molecule has 1 aliphatic rings. The van der Waals surface area contributed by atoms with E-state index < -0.39 is 0 Å². The summed E-state index contributed by atoms with van der Waals surface area (Å²) in [4.78, 5) is 18.6. The number of nitrogens with zero attached hydrogens (tertiary/aromatic N) is 2. The fraction of sp³-hybridized carbons (Fsp3) is 0.333. The molecule has 1 amide bonds. The number of aromatic nitrogens is 1. The molecule has 0 aliphatic carbocycles. The molecule has 1 aromatic heterocycles. The van der Waals surface area contributed by atoms with Gasteiger partial charge in [0.15, 0.2) is 0 Å². The first-order valence-electron chi connectivity index (χ1n) is 7.48. The van der Waals surface area contributed by atoms with Crippen LogP contribution in [0.1, 0.15) is 36.0 Å². The predicted molar refractivity (Wildman–Crippen MR) is 82.8 cm³/mol. The molecule has 1 aromatic carbocycles. The number of hydrogen-bond acceptors (Lipinski definition) is 2. The number of benzene rings is 1. The Bertz CT molecular complexity index is 624. The summed E-state index contributed by atoms with van der Waals surface area (Å²) in [6.07, 6.45) is 5.13. The molecule has 0 saturated carbocycles. The van der Waals surface area contributed by atoms with E-state index in [2.05, 4.69) is 30.1 Å². The minimum absolute atomic E-state index is 0.211. The lowest BCUT2D eigenvalue weighted by molar-refractivity contribution is -0.132. The molecule has 0 saturated heterocycles. The van der Waals surface area contributed by atoms with Gasteiger partial charge in [0.25, 0.3) is 0 Å². The van der Waals surface area contributed by atoms with Crippen molar-refractivity contribution < 1.29 is 4.79 Å². The molecule has 3 nitrogen and oxygen atoms in total. The smallest absolute Gasteiger partial charge is 0.223 e. The molecular formula is C18H20N2O. The molecule has 2 heterocycles. The van der Waals surface area contributed by atoms with Crippen LogP contribution < -0.4 is 0 Å². The van der Waals surface area contributed by atoms with Crippen LogP contribution in [-0.4, -0.2) is 22.3 Å². The van der Waals surface area contributed by atoms with Gasteiger partial charge in [-0.1, -0.05) is 37.3 Å². The Morgan fingerprint density at radius 1 is 1.24 bits per heavy atom. The first-order valence-corrected chi connectivity index (χ1v) is 7.48. The van der Waals surface area contributed by atoms with Crippen LogP contribution in [0.25, 0.3) is 0 Å². The molecular weight excluding hydrogens is 260 g/mol. The van der Waals surface area contributed by atoms with Gasteiger partial charge >= 0.3 is 0 Å². The fourth-order valence-electron chi connectivity index (χ4n) is 2.88. The lowest BCUT2D eigenvalue weighted by atomic mass is 9.96. The van der Waals surface area contributed by atoms with E-state index in [-0.39, 0.29) is 11.8 Å². The highest BCUT2D eigenvalue weighted by Gasteiger charge is 2.22. The molecule has 2 aromatic rings. The van der Waals surface area contributed by atoms with Gasteiger partial charge in [0.1, 0.15) is 0 Å².